The second-order valence-corrected chi connectivity index (χ2v) is 4.61. The predicted octanol–water partition coefficient (Wildman–Crippen LogP) is 1.55. The standard InChI is InChI=1S/C14H15F3N2O5/c1-8-3-4-9(5-10(8)23-2)12(21)24-6-11(20)19-13(22)18-7-14(15,16)17/h3-5H,6-7H2,1-2H3,(H2,18,19,20,22). The van der Waals surface area contributed by atoms with Crippen molar-refractivity contribution in [3.05, 3.63) is 29.3 Å². The second-order valence-electron chi connectivity index (χ2n) is 4.61. The van der Waals surface area contributed by atoms with Crippen molar-refractivity contribution in [3.63, 3.8) is 0 Å². The summed E-state index contributed by atoms with van der Waals surface area (Å²) in [6.07, 6.45) is -4.60. The van der Waals surface area contributed by atoms with Crippen molar-refractivity contribution < 1.29 is 37.0 Å². The first-order valence-electron chi connectivity index (χ1n) is 6.58. The molecule has 1 rings (SSSR count). The predicted molar refractivity (Wildman–Crippen MR) is 75.6 cm³/mol. The summed E-state index contributed by atoms with van der Waals surface area (Å²) in [5.74, 6) is -1.47. The first-order valence-corrected chi connectivity index (χ1v) is 6.58. The number of imide groups is 1. The molecule has 7 nitrogen and oxygen atoms in total. The lowest BCUT2D eigenvalue weighted by molar-refractivity contribution is -0.125. The van der Waals surface area contributed by atoms with Crippen LogP contribution in [0.2, 0.25) is 0 Å². The molecule has 3 amide bonds. The Hall–Kier alpha value is -2.78. The number of amides is 3. The van der Waals surface area contributed by atoms with E-state index in [-0.39, 0.29) is 5.56 Å². The van der Waals surface area contributed by atoms with Crippen LogP contribution in [0.25, 0.3) is 0 Å². The molecule has 0 spiro atoms. The van der Waals surface area contributed by atoms with Gasteiger partial charge in [-0.15, -0.1) is 0 Å². The molecule has 2 N–H and O–H groups in total. The zero-order valence-corrected chi connectivity index (χ0v) is 12.8. The van der Waals surface area contributed by atoms with Gasteiger partial charge < -0.3 is 14.8 Å². The van der Waals surface area contributed by atoms with E-state index in [0.717, 1.165) is 5.56 Å². The molecule has 0 aliphatic heterocycles. The molecule has 0 unspecified atom stereocenters. The Morgan fingerprint density at radius 1 is 1.21 bits per heavy atom. The molecular formula is C14H15F3N2O5. The van der Waals surface area contributed by atoms with Gasteiger partial charge in [0, 0.05) is 0 Å². The normalized spacial score (nSPS) is 10.7. The quantitative estimate of drug-likeness (QED) is 0.788. The number of carbonyl (C=O) groups is 3. The molecule has 132 valence electrons. The number of methoxy groups -OCH3 is 1. The molecule has 0 aliphatic rings. The summed E-state index contributed by atoms with van der Waals surface area (Å²) in [6, 6.07) is 3.13. The third kappa shape index (κ3) is 6.55. The van der Waals surface area contributed by atoms with Crippen LogP contribution >= 0.6 is 0 Å². The number of hydrogen-bond acceptors (Lipinski definition) is 5. The molecule has 1 aromatic rings. The van der Waals surface area contributed by atoms with Crippen LogP contribution in [0.4, 0.5) is 18.0 Å². The maximum atomic E-state index is 11.9. The van der Waals surface area contributed by atoms with Crippen molar-refractivity contribution in [2.75, 3.05) is 20.3 Å². The summed E-state index contributed by atoms with van der Waals surface area (Å²) < 4.78 is 45.3. The molecular weight excluding hydrogens is 333 g/mol. The number of aryl methyl sites for hydroxylation is 1. The summed E-state index contributed by atoms with van der Waals surface area (Å²) in [5.41, 5.74) is 0.903. The number of esters is 1. The minimum Gasteiger partial charge on any atom is -0.496 e. The van der Waals surface area contributed by atoms with Crippen molar-refractivity contribution in [1.29, 1.82) is 0 Å². The Morgan fingerprint density at radius 3 is 2.46 bits per heavy atom. The molecule has 0 saturated carbocycles. The minimum atomic E-state index is -4.60. The molecule has 24 heavy (non-hydrogen) atoms. The first-order chi connectivity index (χ1) is 11.1. The molecule has 0 radical (unpaired) electrons. The number of ether oxygens (including phenoxy) is 2. The fourth-order valence-electron chi connectivity index (χ4n) is 1.55. The number of alkyl halides is 3. The van der Waals surface area contributed by atoms with E-state index in [1.165, 1.54) is 24.6 Å². The Labute approximate surface area is 135 Å². The smallest absolute Gasteiger partial charge is 0.405 e. The monoisotopic (exact) mass is 348 g/mol. The third-order valence-electron chi connectivity index (χ3n) is 2.68. The van der Waals surface area contributed by atoms with Crippen LogP contribution in [0.3, 0.4) is 0 Å². The Bertz CT molecular complexity index is 631. The highest BCUT2D eigenvalue weighted by atomic mass is 19.4. The lowest BCUT2D eigenvalue weighted by Crippen LogP contribution is -2.44. The Kier molecular flexibility index (Phi) is 6.57. The molecule has 10 heteroatoms. The summed E-state index contributed by atoms with van der Waals surface area (Å²) in [6.45, 7) is -0.648. The zero-order valence-electron chi connectivity index (χ0n) is 12.8. The van der Waals surface area contributed by atoms with Gasteiger partial charge in [0.1, 0.15) is 12.3 Å². The Balaban J connectivity index is 2.46. The van der Waals surface area contributed by atoms with Crippen molar-refractivity contribution in [2.24, 2.45) is 0 Å². The van der Waals surface area contributed by atoms with Gasteiger partial charge in [-0.05, 0) is 24.6 Å². The van der Waals surface area contributed by atoms with E-state index in [0.29, 0.717) is 5.75 Å². The van der Waals surface area contributed by atoms with E-state index in [2.05, 4.69) is 4.74 Å². The van der Waals surface area contributed by atoms with Gasteiger partial charge in [-0.3, -0.25) is 10.1 Å². The minimum absolute atomic E-state index is 0.117. The number of halogens is 3. The molecule has 0 heterocycles. The molecule has 0 saturated heterocycles. The van der Waals surface area contributed by atoms with Gasteiger partial charge in [-0.1, -0.05) is 6.07 Å². The maximum absolute atomic E-state index is 11.9. The average Bonchev–Trinajstić information content (AvgIpc) is 2.50. The van der Waals surface area contributed by atoms with Crippen LogP contribution in [0, 0.1) is 6.92 Å². The van der Waals surface area contributed by atoms with Crippen LogP contribution in [0.1, 0.15) is 15.9 Å². The van der Waals surface area contributed by atoms with Crippen LogP contribution in [0.15, 0.2) is 18.2 Å². The summed E-state index contributed by atoms with van der Waals surface area (Å²) >= 11 is 0. The van der Waals surface area contributed by atoms with Crippen molar-refractivity contribution in [2.45, 2.75) is 13.1 Å². The van der Waals surface area contributed by atoms with Crippen LogP contribution in [-0.2, 0) is 9.53 Å². The molecule has 0 aromatic heterocycles. The lowest BCUT2D eigenvalue weighted by Gasteiger charge is -2.10. The van der Waals surface area contributed by atoms with E-state index < -0.39 is 37.2 Å². The van der Waals surface area contributed by atoms with Gasteiger partial charge in [0.2, 0.25) is 0 Å². The van der Waals surface area contributed by atoms with E-state index >= 15 is 0 Å². The maximum Gasteiger partial charge on any atom is 0.405 e. The van der Waals surface area contributed by atoms with Gasteiger partial charge in [0.05, 0.1) is 12.7 Å². The molecule has 0 aliphatic carbocycles. The number of carbonyl (C=O) groups excluding carboxylic acids is 3. The van der Waals surface area contributed by atoms with Gasteiger partial charge in [0.15, 0.2) is 6.61 Å². The van der Waals surface area contributed by atoms with Gasteiger partial charge >= 0.3 is 18.2 Å². The van der Waals surface area contributed by atoms with Crippen LogP contribution < -0.4 is 15.4 Å². The van der Waals surface area contributed by atoms with Crippen molar-refractivity contribution in [1.82, 2.24) is 10.6 Å². The number of urea groups is 1. The van der Waals surface area contributed by atoms with Crippen molar-refractivity contribution >= 4 is 17.9 Å². The average molecular weight is 348 g/mol. The number of rotatable bonds is 5. The first kappa shape index (κ1) is 19.3. The fourth-order valence-corrected chi connectivity index (χ4v) is 1.55. The highest BCUT2D eigenvalue weighted by Crippen LogP contribution is 2.19. The molecule has 1 aromatic carbocycles. The van der Waals surface area contributed by atoms with Crippen LogP contribution in [0.5, 0.6) is 5.75 Å². The van der Waals surface area contributed by atoms with Gasteiger partial charge in [0.25, 0.3) is 5.91 Å². The number of nitrogens with one attached hydrogen (secondary N) is 2. The molecule has 0 atom stereocenters. The van der Waals surface area contributed by atoms with E-state index in [1.807, 2.05) is 0 Å². The highest BCUT2D eigenvalue weighted by Gasteiger charge is 2.28. The zero-order chi connectivity index (χ0) is 18.3. The lowest BCUT2D eigenvalue weighted by atomic mass is 10.1. The summed E-state index contributed by atoms with van der Waals surface area (Å²) in [4.78, 5) is 34.1. The molecule has 0 fully saturated rings. The third-order valence-corrected chi connectivity index (χ3v) is 2.68. The van der Waals surface area contributed by atoms with E-state index in [4.69, 9.17) is 4.74 Å². The summed E-state index contributed by atoms with van der Waals surface area (Å²) in [7, 11) is 1.42. The van der Waals surface area contributed by atoms with Crippen molar-refractivity contribution in [3.8, 4) is 5.75 Å². The highest BCUT2D eigenvalue weighted by molar-refractivity contribution is 5.97. The molecule has 0 bridgehead atoms. The topological polar surface area (TPSA) is 93.7 Å². The van der Waals surface area contributed by atoms with E-state index in [9.17, 15) is 27.6 Å². The van der Waals surface area contributed by atoms with E-state index in [1.54, 1.807) is 18.3 Å². The SMILES string of the molecule is COc1cc(C(=O)OCC(=O)NC(=O)NCC(F)(F)F)ccc1C. The number of benzene rings is 1. The van der Waals surface area contributed by atoms with Gasteiger partial charge in [-0.2, -0.15) is 13.2 Å². The number of hydrogen-bond donors (Lipinski definition) is 2. The Morgan fingerprint density at radius 2 is 1.88 bits per heavy atom. The van der Waals surface area contributed by atoms with Gasteiger partial charge in [-0.25, -0.2) is 9.59 Å². The second kappa shape index (κ2) is 8.18. The van der Waals surface area contributed by atoms with Crippen LogP contribution in [-0.4, -0.2) is 44.3 Å². The fraction of sp³-hybridized carbons (Fsp3) is 0.357. The summed E-state index contributed by atoms with van der Waals surface area (Å²) in [5, 5.41) is 3.04. The largest absolute Gasteiger partial charge is 0.496 e.